The first-order valence-corrected chi connectivity index (χ1v) is 3.47. The molecule has 4 N–H and O–H groups in total. The normalized spacial score (nSPS) is 10.8. The van der Waals surface area contributed by atoms with Crippen LogP contribution in [0.4, 0.5) is 14.6 Å². The predicted octanol–water partition coefficient (Wildman–Crippen LogP) is 0.387. The molecule has 0 atom stereocenters. The van der Waals surface area contributed by atoms with Gasteiger partial charge in [0, 0.05) is 11.8 Å². The summed E-state index contributed by atoms with van der Waals surface area (Å²) < 4.78 is 24.3. The summed E-state index contributed by atoms with van der Waals surface area (Å²) in [6.45, 7) is -0.442. The lowest BCUT2D eigenvalue weighted by molar-refractivity contribution is 0.150. The molecule has 6 heteroatoms. The molecule has 4 nitrogen and oxygen atoms in total. The number of halogens is 2. The van der Waals surface area contributed by atoms with E-state index in [1.54, 1.807) is 0 Å². The Morgan fingerprint density at radius 1 is 1.62 bits per heavy atom. The Labute approximate surface area is 72.0 Å². The zero-order valence-corrected chi connectivity index (χ0v) is 6.55. The van der Waals surface area contributed by atoms with Crippen molar-refractivity contribution in [2.24, 2.45) is 0 Å². The van der Waals surface area contributed by atoms with Gasteiger partial charge in [-0.05, 0) is 0 Å². The van der Waals surface area contributed by atoms with E-state index in [1.807, 2.05) is 0 Å². The number of nitrogens with one attached hydrogen (secondary N) is 1. The van der Waals surface area contributed by atoms with Gasteiger partial charge in [-0.25, -0.2) is 8.78 Å². The average Bonchev–Trinajstić information content (AvgIpc) is 2.02. The van der Waals surface area contributed by atoms with E-state index in [9.17, 15) is 13.6 Å². The van der Waals surface area contributed by atoms with Gasteiger partial charge in [-0.15, -0.1) is 0 Å². The van der Waals surface area contributed by atoms with Crippen LogP contribution in [0.5, 0.6) is 0 Å². The number of nitrogen functional groups attached to an aromatic ring is 1. The molecule has 0 fully saturated rings. The summed E-state index contributed by atoms with van der Waals surface area (Å²) in [7, 11) is 0. The molecule has 0 amide bonds. The van der Waals surface area contributed by atoms with Gasteiger partial charge in [0.2, 0.25) is 0 Å². The molecule has 1 rings (SSSR count). The van der Waals surface area contributed by atoms with E-state index in [-0.39, 0.29) is 5.69 Å². The summed E-state index contributed by atoms with van der Waals surface area (Å²) in [6.07, 6.45) is -2.91. The van der Waals surface area contributed by atoms with Gasteiger partial charge in [0.15, 0.2) is 5.43 Å². The number of pyridine rings is 1. The van der Waals surface area contributed by atoms with Gasteiger partial charge in [-0.2, -0.15) is 0 Å². The molecular weight excluding hydrogens is 182 g/mol. The molecule has 0 aliphatic carbocycles. The van der Waals surface area contributed by atoms with Crippen LogP contribution in [0.15, 0.2) is 10.9 Å². The largest absolute Gasteiger partial charge is 0.390 e. The molecule has 1 aromatic rings. The first-order chi connectivity index (χ1) is 6.06. The zero-order valence-electron chi connectivity index (χ0n) is 6.55. The highest BCUT2D eigenvalue weighted by molar-refractivity contribution is 5.40. The number of anilines is 1. The summed E-state index contributed by atoms with van der Waals surface area (Å²) in [5, 5.41) is 8.60. The van der Waals surface area contributed by atoms with Crippen molar-refractivity contribution in [1.82, 2.24) is 4.98 Å². The van der Waals surface area contributed by atoms with Gasteiger partial charge in [-0.1, -0.05) is 0 Å². The van der Waals surface area contributed by atoms with Gasteiger partial charge in [0.05, 0.1) is 6.61 Å². The smallest absolute Gasteiger partial charge is 0.271 e. The lowest BCUT2D eigenvalue weighted by Gasteiger charge is -2.05. The average molecular weight is 190 g/mol. The van der Waals surface area contributed by atoms with E-state index in [2.05, 4.69) is 4.98 Å². The van der Waals surface area contributed by atoms with E-state index in [0.29, 0.717) is 0 Å². The second-order valence-electron chi connectivity index (χ2n) is 2.44. The SMILES string of the molecule is Nc1[nH]c(CO)cc(=O)c1C(F)F. The molecule has 0 radical (unpaired) electrons. The van der Waals surface area contributed by atoms with Crippen molar-refractivity contribution in [3.8, 4) is 0 Å². The van der Waals surface area contributed by atoms with Gasteiger partial charge >= 0.3 is 0 Å². The lowest BCUT2D eigenvalue weighted by atomic mass is 10.2. The monoisotopic (exact) mass is 190 g/mol. The maximum Gasteiger partial charge on any atom is 0.271 e. The third-order valence-electron chi connectivity index (χ3n) is 1.54. The van der Waals surface area contributed by atoms with Crippen molar-refractivity contribution in [2.75, 3.05) is 5.73 Å². The standard InChI is InChI=1S/C7H8F2N2O2/c8-6(9)5-4(13)1-3(2-12)11-7(5)10/h1,6,12H,2H2,(H3,10,11,13). The van der Waals surface area contributed by atoms with E-state index < -0.39 is 29.8 Å². The molecule has 0 spiro atoms. The topological polar surface area (TPSA) is 79.1 Å². The highest BCUT2D eigenvalue weighted by atomic mass is 19.3. The quantitative estimate of drug-likeness (QED) is 0.631. The second kappa shape index (κ2) is 3.53. The number of aliphatic hydroxyl groups excluding tert-OH is 1. The molecule has 13 heavy (non-hydrogen) atoms. The minimum absolute atomic E-state index is 0.118. The first kappa shape index (κ1) is 9.66. The number of nitrogens with two attached hydrogens (primary N) is 1. The Morgan fingerprint density at radius 2 is 2.23 bits per heavy atom. The Kier molecular flexibility index (Phi) is 2.62. The van der Waals surface area contributed by atoms with Crippen LogP contribution in [0, 0.1) is 0 Å². The molecule has 1 aromatic heterocycles. The van der Waals surface area contributed by atoms with E-state index in [0.717, 1.165) is 6.07 Å². The fourth-order valence-corrected chi connectivity index (χ4v) is 0.955. The van der Waals surface area contributed by atoms with Crippen LogP contribution in [0.25, 0.3) is 0 Å². The fraction of sp³-hybridized carbons (Fsp3) is 0.286. The van der Waals surface area contributed by atoms with Crippen LogP contribution in [0.3, 0.4) is 0 Å². The number of hydrogen-bond donors (Lipinski definition) is 3. The summed E-state index contributed by atoms with van der Waals surface area (Å²) in [6, 6.07) is 0.901. The Balaban J connectivity index is 3.32. The molecule has 0 saturated carbocycles. The third kappa shape index (κ3) is 1.83. The van der Waals surface area contributed by atoms with Crippen LogP contribution in [-0.2, 0) is 6.61 Å². The Morgan fingerprint density at radius 3 is 2.62 bits per heavy atom. The Bertz CT molecular complexity index is 362. The predicted molar refractivity (Wildman–Crippen MR) is 42.4 cm³/mol. The molecule has 1 heterocycles. The Hall–Kier alpha value is -1.43. The highest BCUT2D eigenvalue weighted by Crippen LogP contribution is 2.19. The van der Waals surface area contributed by atoms with Gasteiger partial charge in [0.25, 0.3) is 6.43 Å². The van der Waals surface area contributed by atoms with Crippen LogP contribution in [0.1, 0.15) is 17.7 Å². The molecule has 0 aromatic carbocycles. The van der Waals surface area contributed by atoms with E-state index in [1.165, 1.54) is 0 Å². The minimum atomic E-state index is -2.91. The van der Waals surface area contributed by atoms with Crippen LogP contribution < -0.4 is 11.2 Å². The summed E-state index contributed by atoms with van der Waals surface area (Å²) >= 11 is 0. The molecule has 0 aliphatic heterocycles. The van der Waals surface area contributed by atoms with E-state index >= 15 is 0 Å². The maximum absolute atomic E-state index is 12.2. The summed E-state index contributed by atoms with van der Waals surface area (Å²) in [4.78, 5) is 13.3. The summed E-state index contributed by atoms with van der Waals surface area (Å²) in [5.74, 6) is -0.397. The number of hydrogen-bond acceptors (Lipinski definition) is 3. The molecule has 72 valence electrons. The van der Waals surface area contributed by atoms with Crippen molar-refractivity contribution in [1.29, 1.82) is 0 Å². The zero-order chi connectivity index (χ0) is 10.0. The minimum Gasteiger partial charge on any atom is -0.390 e. The van der Waals surface area contributed by atoms with Crippen molar-refractivity contribution >= 4 is 5.82 Å². The highest BCUT2D eigenvalue weighted by Gasteiger charge is 2.16. The maximum atomic E-state index is 12.2. The first-order valence-electron chi connectivity index (χ1n) is 3.47. The number of aromatic nitrogens is 1. The van der Waals surface area contributed by atoms with Crippen LogP contribution in [0.2, 0.25) is 0 Å². The van der Waals surface area contributed by atoms with Gasteiger partial charge < -0.3 is 15.8 Å². The van der Waals surface area contributed by atoms with Crippen molar-refractivity contribution in [3.63, 3.8) is 0 Å². The number of rotatable bonds is 2. The molecule has 0 unspecified atom stereocenters. The molecular formula is C7H8F2N2O2. The van der Waals surface area contributed by atoms with Crippen molar-refractivity contribution in [2.45, 2.75) is 13.0 Å². The second-order valence-corrected chi connectivity index (χ2v) is 2.44. The number of aromatic amines is 1. The third-order valence-corrected chi connectivity index (χ3v) is 1.54. The molecule has 0 bridgehead atoms. The van der Waals surface area contributed by atoms with E-state index in [4.69, 9.17) is 10.8 Å². The van der Waals surface area contributed by atoms with Crippen LogP contribution >= 0.6 is 0 Å². The summed E-state index contributed by atoms with van der Waals surface area (Å²) in [5.41, 5.74) is 3.65. The van der Waals surface area contributed by atoms with Gasteiger partial charge in [0.1, 0.15) is 11.4 Å². The van der Waals surface area contributed by atoms with Crippen molar-refractivity contribution in [3.05, 3.63) is 27.5 Å². The molecule has 0 aliphatic rings. The van der Waals surface area contributed by atoms with Crippen molar-refractivity contribution < 1.29 is 13.9 Å². The fourth-order valence-electron chi connectivity index (χ4n) is 0.955. The number of aliphatic hydroxyl groups is 1. The van der Waals surface area contributed by atoms with Gasteiger partial charge in [-0.3, -0.25) is 4.79 Å². The molecule has 0 saturated heterocycles. The lowest BCUT2D eigenvalue weighted by Crippen LogP contribution is -2.15. The van der Waals surface area contributed by atoms with Crippen LogP contribution in [-0.4, -0.2) is 10.1 Å². The number of alkyl halides is 2. The number of H-pyrrole nitrogens is 1.